The molecule has 0 aliphatic heterocycles. The van der Waals surface area contributed by atoms with Crippen molar-refractivity contribution in [3.8, 4) is 5.75 Å². The molecule has 0 unspecified atom stereocenters. The highest BCUT2D eigenvalue weighted by Crippen LogP contribution is 2.24. The molecule has 19 heavy (non-hydrogen) atoms. The fourth-order valence-electron chi connectivity index (χ4n) is 1.81. The van der Waals surface area contributed by atoms with Crippen LogP contribution in [0.5, 0.6) is 5.75 Å². The Morgan fingerprint density at radius 2 is 2.00 bits per heavy atom. The summed E-state index contributed by atoms with van der Waals surface area (Å²) in [5.74, 6) is 0.572. The molecule has 0 saturated heterocycles. The zero-order valence-corrected chi connectivity index (χ0v) is 12.7. The van der Waals surface area contributed by atoms with Crippen molar-refractivity contribution in [2.24, 2.45) is 0 Å². The lowest BCUT2D eigenvalue weighted by molar-refractivity contribution is 0.0990. The van der Waals surface area contributed by atoms with Gasteiger partial charge in [-0.2, -0.15) is 0 Å². The molecule has 2 nitrogen and oxygen atoms in total. The number of ether oxygens (including phenoxy) is 1. The van der Waals surface area contributed by atoms with Crippen LogP contribution in [0.4, 0.5) is 0 Å². The maximum atomic E-state index is 12.3. The van der Waals surface area contributed by atoms with Gasteiger partial charge in [-0.25, -0.2) is 0 Å². The molecular formula is C15H12BrClO2. The van der Waals surface area contributed by atoms with E-state index in [9.17, 15) is 4.79 Å². The Morgan fingerprint density at radius 3 is 2.68 bits per heavy atom. The van der Waals surface area contributed by atoms with E-state index in [4.69, 9.17) is 16.3 Å². The molecule has 0 amide bonds. The minimum atomic E-state index is -0.0123. The number of rotatable bonds is 4. The molecule has 0 bridgehead atoms. The molecule has 0 spiro atoms. The van der Waals surface area contributed by atoms with Gasteiger partial charge in [-0.1, -0.05) is 45.7 Å². The monoisotopic (exact) mass is 338 g/mol. The Morgan fingerprint density at radius 1 is 1.26 bits per heavy atom. The van der Waals surface area contributed by atoms with E-state index in [1.165, 1.54) is 0 Å². The Kier molecular flexibility index (Phi) is 4.61. The van der Waals surface area contributed by atoms with Gasteiger partial charge in [-0.05, 0) is 29.8 Å². The van der Waals surface area contributed by atoms with E-state index in [1.54, 1.807) is 25.3 Å². The average molecular weight is 340 g/mol. The minimum Gasteiger partial charge on any atom is -0.496 e. The van der Waals surface area contributed by atoms with E-state index < -0.39 is 0 Å². The van der Waals surface area contributed by atoms with Gasteiger partial charge in [-0.15, -0.1) is 0 Å². The van der Waals surface area contributed by atoms with Crippen molar-refractivity contribution in [2.45, 2.75) is 6.42 Å². The van der Waals surface area contributed by atoms with Crippen molar-refractivity contribution >= 4 is 33.3 Å². The van der Waals surface area contributed by atoms with Crippen LogP contribution in [-0.4, -0.2) is 12.9 Å². The zero-order valence-electron chi connectivity index (χ0n) is 10.3. The Labute approximate surface area is 125 Å². The number of Topliss-reactive ketones (excluding diaryl/α,β-unsaturated/α-hetero) is 1. The van der Waals surface area contributed by atoms with Gasteiger partial charge in [0.2, 0.25) is 0 Å². The lowest BCUT2D eigenvalue weighted by atomic mass is 10.0. The highest BCUT2D eigenvalue weighted by molar-refractivity contribution is 9.10. The number of halogens is 2. The van der Waals surface area contributed by atoms with Crippen molar-refractivity contribution in [3.63, 3.8) is 0 Å². The Hall–Kier alpha value is -1.32. The number of hydrogen-bond acceptors (Lipinski definition) is 2. The number of methoxy groups -OCH3 is 1. The van der Waals surface area contributed by atoms with Crippen LogP contribution in [-0.2, 0) is 6.42 Å². The van der Waals surface area contributed by atoms with Crippen molar-refractivity contribution < 1.29 is 9.53 Å². The van der Waals surface area contributed by atoms with Gasteiger partial charge in [0.25, 0.3) is 0 Å². The molecule has 2 rings (SSSR count). The number of hydrogen-bond donors (Lipinski definition) is 0. The number of carbonyl (C=O) groups excluding carboxylic acids is 1. The first-order valence-corrected chi connectivity index (χ1v) is 6.89. The van der Waals surface area contributed by atoms with E-state index in [0.717, 1.165) is 10.0 Å². The van der Waals surface area contributed by atoms with Crippen LogP contribution in [0.15, 0.2) is 46.9 Å². The predicted molar refractivity (Wildman–Crippen MR) is 80.2 cm³/mol. The lowest BCUT2D eigenvalue weighted by Gasteiger charge is -2.08. The van der Waals surface area contributed by atoms with Gasteiger partial charge >= 0.3 is 0 Å². The number of benzene rings is 2. The Bertz CT molecular complexity index is 611. The molecular weight excluding hydrogens is 328 g/mol. The quantitative estimate of drug-likeness (QED) is 0.765. The molecule has 98 valence electrons. The largest absolute Gasteiger partial charge is 0.496 e. The summed E-state index contributed by atoms with van der Waals surface area (Å²) < 4.78 is 6.09. The van der Waals surface area contributed by atoms with Crippen LogP contribution >= 0.6 is 27.5 Å². The standard InChI is InChI=1S/C15H12BrClO2/c1-19-15-5-3-2-4-12(15)14(18)8-10-6-7-11(16)9-13(10)17/h2-7,9H,8H2,1H3. The highest BCUT2D eigenvalue weighted by Gasteiger charge is 2.13. The summed E-state index contributed by atoms with van der Waals surface area (Å²) in [6.07, 6.45) is 0.256. The van der Waals surface area contributed by atoms with E-state index in [0.29, 0.717) is 16.3 Å². The normalized spacial score (nSPS) is 10.3. The molecule has 0 radical (unpaired) electrons. The summed E-state index contributed by atoms with van der Waals surface area (Å²) in [5.41, 5.74) is 1.38. The van der Waals surface area contributed by atoms with Crippen LogP contribution in [0.25, 0.3) is 0 Å². The molecule has 0 aliphatic carbocycles. The van der Waals surface area contributed by atoms with Gasteiger partial charge in [0, 0.05) is 15.9 Å². The maximum absolute atomic E-state index is 12.3. The number of carbonyl (C=O) groups is 1. The van der Waals surface area contributed by atoms with Gasteiger partial charge < -0.3 is 4.74 Å². The molecule has 4 heteroatoms. The van der Waals surface area contributed by atoms with E-state index >= 15 is 0 Å². The maximum Gasteiger partial charge on any atom is 0.171 e. The Balaban J connectivity index is 2.26. The number of para-hydroxylation sites is 1. The SMILES string of the molecule is COc1ccccc1C(=O)Cc1ccc(Br)cc1Cl. The number of ketones is 1. The third kappa shape index (κ3) is 3.37. The molecule has 2 aromatic carbocycles. The second kappa shape index (κ2) is 6.22. The van der Waals surface area contributed by atoms with E-state index in [2.05, 4.69) is 15.9 Å². The van der Waals surface area contributed by atoms with E-state index in [1.807, 2.05) is 24.3 Å². The van der Waals surface area contributed by atoms with Crippen LogP contribution < -0.4 is 4.74 Å². The van der Waals surface area contributed by atoms with Crippen molar-refractivity contribution in [1.29, 1.82) is 0 Å². The fourth-order valence-corrected chi connectivity index (χ4v) is 2.55. The van der Waals surface area contributed by atoms with Crippen molar-refractivity contribution in [2.75, 3.05) is 7.11 Å². The smallest absolute Gasteiger partial charge is 0.171 e. The molecule has 0 fully saturated rings. The molecule has 0 aromatic heterocycles. The first-order valence-electron chi connectivity index (χ1n) is 5.72. The summed E-state index contributed by atoms with van der Waals surface area (Å²) in [6, 6.07) is 12.7. The third-order valence-electron chi connectivity index (χ3n) is 2.77. The molecule has 0 N–H and O–H groups in total. The second-order valence-corrected chi connectivity index (χ2v) is 5.36. The topological polar surface area (TPSA) is 26.3 Å². The first kappa shape index (κ1) is 14.1. The van der Waals surface area contributed by atoms with Gasteiger partial charge in [-0.3, -0.25) is 4.79 Å². The van der Waals surface area contributed by atoms with Gasteiger partial charge in [0.1, 0.15) is 5.75 Å². The van der Waals surface area contributed by atoms with Gasteiger partial charge in [0.05, 0.1) is 12.7 Å². The zero-order chi connectivity index (χ0) is 13.8. The molecule has 0 atom stereocenters. The van der Waals surface area contributed by atoms with Gasteiger partial charge in [0.15, 0.2) is 5.78 Å². The van der Waals surface area contributed by atoms with E-state index in [-0.39, 0.29) is 12.2 Å². The minimum absolute atomic E-state index is 0.0123. The lowest BCUT2D eigenvalue weighted by Crippen LogP contribution is -2.06. The average Bonchev–Trinajstić information content (AvgIpc) is 2.41. The molecule has 0 heterocycles. The summed E-state index contributed by atoms with van der Waals surface area (Å²) in [7, 11) is 1.55. The molecule has 2 aromatic rings. The highest BCUT2D eigenvalue weighted by atomic mass is 79.9. The van der Waals surface area contributed by atoms with Crippen LogP contribution in [0, 0.1) is 0 Å². The summed E-state index contributed by atoms with van der Waals surface area (Å²) in [4.78, 5) is 12.3. The van der Waals surface area contributed by atoms with Crippen LogP contribution in [0.3, 0.4) is 0 Å². The molecule has 0 saturated carbocycles. The molecule has 0 aliphatic rings. The third-order valence-corrected chi connectivity index (χ3v) is 3.62. The first-order chi connectivity index (χ1) is 9.11. The summed E-state index contributed by atoms with van der Waals surface area (Å²) in [5, 5.41) is 0.581. The summed E-state index contributed by atoms with van der Waals surface area (Å²) >= 11 is 9.46. The summed E-state index contributed by atoms with van der Waals surface area (Å²) in [6.45, 7) is 0. The second-order valence-electron chi connectivity index (χ2n) is 4.04. The fraction of sp³-hybridized carbons (Fsp3) is 0.133. The van der Waals surface area contributed by atoms with Crippen LogP contribution in [0.2, 0.25) is 5.02 Å². The predicted octanol–water partition coefficient (Wildman–Crippen LogP) is 4.54. The van der Waals surface area contributed by atoms with Crippen LogP contribution in [0.1, 0.15) is 15.9 Å². The van der Waals surface area contributed by atoms with Crippen molar-refractivity contribution in [1.82, 2.24) is 0 Å². The van der Waals surface area contributed by atoms with Crippen molar-refractivity contribution in [3.05, 3.63) is 63.1 Å².